The maximum absolute atomic E-state index is 12.4. The molecule has 1 aliphatic carbocycles. The third-order valence-electron chi connectivity index (χ3n) is 6.62. The second-order valence-corrected chi connectivity index (χ2v) is 9.18. The molecule has 3 rings (SSSR count). The molecule has 6 nitrogen and oxygen atoms in total. The molecule has 0 aromatic carbocycles. The van der Waals surface area contributed by atoms with E-state index in [1.54, 1.807) is 0 Å². The number of esters is 2. The summed E-state index contributed by atoms with van der Waals surface area (Å²) in [5.41, 5.74) is 0. The van der Waals surface area contributed by atoms with Crippen molar-refractivity contribution in [2.75, 3.05) is 13.2 Å². The molecule has 172 valence electrons. The summed E-state index contributed by atoms with van der Waals surface area (Å²) in [6, 6.07) is 0. The van der Waals surface area contributed by atoms with E-state index in [0.717, 1.165) is 70.6 Å². The predicted molar refractivity (Wildman–Crippen MR) is 113 cm³/mol. The fourth-order valence-electron chi connectivity index (χ4n) is 4.71. The van der Waals surface area contributed by atoms with Gasteiger partial charge in [-0.05, 0) is 57.8 Å². The zero-order valence-corrected chi connectivity index (χ0v) is 18.8. The maximum atomic E-state index is 12.4. The van der Waals surface area contributed by atoms with Crippen LogP contribution in [0.3, 0.4) is 0 Å². The highest BCUT2D eigenvalue weighted by atomic mass is 16.6. The van der Waals surface area contributed by atoms with Gasteiger partial charge in [0.1, 0.15) is 0 Å². The van der Waals surface area contributed by atoms with Crippen LogP contribution in [0, 0.1) is 11.8 Å². The topological polar surface area (TPSA) is 77.7 Å². The lowest BCUT2D eigenvalue weighted by Crippen LogP contribution is -2.30. The van der Waals surface area contributed by atoms with Crippen LogP contribution in [0.15, 0.2) is 0 Å². The van der Waals surface area contributed by atoms with Gasteiger partial charge < -0.3 is 18.9 Å². The molecule has 0 bridgehead atoms. The molecule has 0 amide bonds. The Balaban J connectivity index is 1.24. The number of hydrogen-bond donors (Lipinski definition) is 0. The van der Waals surface area contributed by atoms with Gasteiger partial charge in [-0.25, -0.2) is 0 Å². The first-order valence-corrected chi connectivity index (χ1v) is 12.3. The normalized spacial score (nSPS) is 32.5. The van der Waals surface area contributed by atoms with Crippen LogP contribution in [0.25, 0.3) is 0 Å². The number of ether oxygens (including phenoxy) is 4. The van der Waals surface area contributed by atoms with E-state index in [2.05, 4.69) is 13.8 Å². The van der Waals surface area contributed by atoms with Crippen molar-refractivity contribution in [3.63, 3.8) is 0 Å². The smallest absolute Gasteiger partial charge is 0.308 e. The third kappa shape index (κ3) is 7.52. The molecule has 0 aromatic heterocycles. The Labute approximate surface area is 181 Å². The highest BCUT2D eigenvalue weighted by molar-refractivity contribution is 5.76. The fourth-order valence-corrected chi connectivity index (χ4v) is 4.71. The SMILES string of the molecule is CCCC1OC1CCCOC(=O)C1CCCC(C(=O)OCCCC2OC2CCC)C1. The van der Waals surface area contributed by atoms with Crippen molar-refractivity contribution in [2.45, 2.75) is 115 Å². The quantitative estimate of drug-likeness (QED) is 0.231. The van der Waals surface area contributed by atoms with Crippen molar-refractivity contribution in [3.05, 3.63) is 0 Å². The van der Waals surface area contributed by atoms with Gasteiger partial charge in [-0.3, -0.25) is 9.59 Å². The summed E-state index contributed by atoms with van der Waals surface area (Å²) in [5.74, 6) is -0.642. The lowest BCUT2D eigenvalue weighted by molar-refractivity contribution is -0.155. The van der Waals surface area contributed by atoms with Crippen LogP contribution in [0.2, 0.25) is 0 Å². The summed E-state index contributed by atoms with van der Waals surface area (Å²) in [4.78, 5) is 24.8. The van der Waals surface area contributed by atoms with Crippen molar-refractivity contribution in [1.29, 1.82) is 0 Å². The van der Waals surface area contributed by atoms with Crippen LogP contribution in [0.5, 0.6) is 0 Å². The molecule has 2 heterocycles. The minimum atomic E-state index is -0.170. The Kier molecular flexibility index (Phi) is 9.44. The Hall–Kier alpha value is -1.14. The first-order valence-electron chi connectivity index (χ1n) is 12.3. The molecule has 2 aliphatic heterocycles. The van der Waals surface area contributed by atoms with E-state index in [1.165, 1.54) is 0 Å². The zero-order valence-electron chi connectivity index (χ0n) is 18.8. The van der Waals surface area contributed by atoms with E-state index in [9.17, 15) is 9.59 Å². The zero-order chi connectivity index (χ0) is 21.3. The Morgan fingerprint density at radius 2 is 1.17 bits per heavy atom. The van der Waals surface area contributed by atoms with Gasteiger partial charge in [0.15, 0.2) is 0 Å². The van der Waals surface area contributed by atoms with E-state index in [1.807, 2.05) is 0 Å². The highest BCUT2D eigenvalue weighted by Crippen LogP contribution is 2.33. The molecular formula is C24H40O6. The first-order chi connectivity index (χ1) is 14.6. The first kappa shape index (κ1) is 23.5. The van der Waals surface area contributed by atoms with Gasteiger partial charge in [0.05, 0.1) is 49.5 Å². The minimum absolute atomic E-state index is 0.151. The monoisotopic (exact) mass is 424 g/mol. The highest BCUT2D eigenvalue weighted by Gasteiger charge is 2.38. The van der Waals surface area contributed by atoms with Gasteiger partial charge in [-0.15, -0.1) is 0 Å². The molecule has 2 saturated heterocycles. The number of carbonyl (C=O) groups is 2. The molecule has 6 heteroatoms. The van der Waals surface area contributed by atoms with E-state index in [0.29, 0.717) is 44.1 Å². The number of carbonyl (C=O) groups excluding carboxylic acids is 2. The van der Waals surface area contributed by atoms with Crippen LogP contribution in [0.4, 0.5) is 0 Å². The molecule has 30 heavy (non-hydrogen) atoms. The van der Waals surface area contributed by atoms with Crippen LogP contribution in [0.1, 0.15) is 90.9 Å². The summed E-state index contributed by atoms with van der Waals surface area (Å²) >= 11 is 0. The largest absolute Gasteiger partial charge is 0.465 e. The van der Waals surface area contributed by atoms with Gasteiger partial charge in [-0.2, -0.15) is 0 Å². The second kappa shape index (κ2) is 12.0. The van der Waals surface area contributed by atoms with Gasteiger partial charge in [0.25, 0.3) is 0 Å². The Morgan fingerprint density at radius 3 is 1.60 bits per heavy atom. The van der Waals surface area contributed by atoms with E-state index < -0.39 is 0 Å². The Bertz CT molecular complexity index is 504. The molecule has 3 aliphatic rings. The summed E-state index contributed by atoms with van der Waals surface area (Å²) in [6.07, 6.45) is 12.8. The molecular weight excluding hydrogens is 384 g/mol. The number of hydrogen-bond acceptors (Lipinski definition) is 6. The van der Waals surface area contributed by atoms with Gasteiger partial charge >= 0.3 is 11.9 Å². The fraction of sp³-hybridized carbons (Fsp3) is 0.917. The molecule has 0 aromatic rings. The molecule has 6 unspecified atom stereocenters. The average molecular weight is 425 g/mol. The standard InChI is InChI=1S/C24H40O6/c1-3-8-19-21(29-19)12-6-14-27-23(25)17-10-5-11-18(16-17)24(26)28-15-7-13-22-20(30-22)9-4-2/h17-22H,3-16H2,1-2H3. The van der Waals surface area contributed by atoms with E-state index in [4.69, 9.17) is 18.9 Å². The van der Waals surface area contributed by atoms with Crippen molar-refractivity contribution < 1.29 is 28.5 Å². The lowest BCUT2D eigenvalue weighted by Gasteiger charge is -2.26. The van der Waals surface area contributed by atoms with Crippen molar-refractivity contribution in [2.24, 2.45) is 11.8 Å². The van der Waals surface area contributed by atoms with Crippen molar-refractivity contribution in [1.82, 2.24) is 0 Å². The average Bonchev–Trinajstić information content (AvgIpc) is 3.67. The van der Waals surface area contributed by atoms with Gasteiger partial charge in [-0.1, -0.05) is 33.1 Å². The van der Waals surface area contributed by atoms with Crippen LogP contribution < -0.4 is 0 Å². The molecule has 1 saturated carbocycles. The molecule has 0 spiro atoms. The number of epoxide rings is 2. The lowest BCUT2D eigenvalue weighted by atomic mass is 9.81. The van der Waals surface area contributed by atoms with Crippen molar-refractivity contribution in [3.8, 4) is 0 Å². The maximum Gasteiger partial charge on any atom is 0.308 e. The van der Waals surface area contributed by atoms with Crippen molar-refractivity contribution >= 4 is 11.9 Å². The van der Waals surface area contributed by atoms with Crippen LogP contribution >= 0.6 is 0 Å². The van der Waals surface area contributed by atoms with E-state index in [-0.39, 0.29) is 23.8 Å². The second-order valence-electron chi connectivity index (χ2n) is 9.18. The summed E-state index contributed by atoms with van der Waals surface area (Å²) in [5, 5.41) is 0. The van der Waals surface area contributed by atoms with Gasteiger partial charge in [0, 0.05) is 0 Å². The number of rotatable bonds is 14. The summed E-state index contributed by atoms with van der Waals surface area (Å²) < 4.78 is 22.2. The van der Waals surface area contributed by atoms with Gasteiger partial charge in [0.2, 0.25) is 0 Å². The summed E-state index contributed by atoms with van der Waals surface area (Å²) in [7, 11) is 0. The molecule has 3 fully saturated rings. The Morgan fingerprint density at radius 1 is 0.733 bits per heavy atom. The molecule has 0 radical (unpaired) electrons. The van der Waals surface area contributed by atoms with Crippen LogP contribution in [-0.2, 0) is 28.5 Å². The van der Waals surface area contributed by atoms with E-state index >= 15 is 0 Å². The molecule has 6 atom stereocenters. The molecule has 0 N–H and O–H groups in total. The minimum Gasteiger partial charge on any atom is -0.465 e. The third-order valence-corrected chi connectivity index (χ3v) is 6.62. The predicted octanol–water partition coefficient (Wildman–Crippen LogP) is 4.57. The van der Waals surface area contributed by atoms with Crippen LogP contribution in [-0.4, -0.2) is 49.6 Å². The summed E-state index contributed by atoms with van der Waals surface area (Å²) in [6.45, 7) is 5.23.